The van der Waals surface area contributed by atoms with Crippen LogP contribution in [0.4, 0.5) is 5.69 Å². The number of anilines is 1. The lowest BCUT2D eigenvalue weighted by Gasteiger charge is -2.52. The highest BCUT2D eigenvalue weighted by atomic mass is 35.5. The second kappa shape index (κ2) is 9.69. The molecule has 0 aromatic heterocycles. The third-order valence-electron chi connectivity index (χ3n) is 6.90. The molecule has 32 heavy (non-hydrogen) atoms. The van der Waals surface area contributed by atoms with Crippen molar-refractivity contribution in [1.29, 1.82) is 0 Å². The Kier molecular flexibility index (Phi) is 6.93. The number of carbonyl (C=O) groups is 1. The Bertz CT molecular complexity index is 951. The first-order valence-electron chi connectivity index (χ1n) is 11.2. The van der Waals surface area contributed by atoms with Gasteiger partial charge in [-0.1, -0.05) is 30.5 Å². The van der Waals surface area contributed by atoms with Crippen LogP contribution in [0.5, 0.6) is 11.5 Å². The van der Waals surface area contributed by atoms with Crippen LogP contribution in [0.15, 0.2) is 42.5 Å². The zero-order valence-corrected chi connectivity index (χ0v) is 19.4. The second-order valence-electron chi connectivity index (χ2n) is 8.79. The molecule has 1 aliphatic heterocycles. The average molecular weight is 459 g/mol. The van der Waals surface area contributed by atoms with E-state index in [1.54, 1.807) is 38.5 Å². The third-order valence-corrected chi connectivity index (χ3v) is 7.15. The summed E-state index contributed by atoms with van der Waals surface area (Å²) < 4.78 is 10.9. The molecule has 1 saturated carbocycles. The third kappa shape index (κ3) is 4.72. The number of hydrogen-bond acceptors (Lipinski definition) is 5. The first kappa shape index (κ1) is 22.9. The largest absolute Gasteiger partial charge is 0.493 e. The molecule has 0 bridgehead atoms. The van der Waals surface area contributed by atoms with Gasteiger partial charge in [0, 0.05) is 29.2 Å². The minimum atomic E-state index is -0.695. The summed E-state index contributed by atoms with van der Waals surface area (Å²) in [6.07, 6.45) is 4.55. The normalized spacial score (nSPS) is 25.6. The molecule has 1 aliphatic carbocycles. The molecular weight excluding hydrogens is 428 g/mol. The number of piperidine rings is 1. The van der Waals surface area contributed by atoms with Crippen LogP contribution >= 0.6 is 11.6 Å². The monoisotopic (exact) mass is 458 g/mol. The van der Waals surface area contributed by atoms with Crippen LogP contribution in [-0.2, 0) is 4.79 Å². The molecule has 1 saturated heterocycles. The molecular formula is C25H31ClN2O4. The van der Waals surface area contributed by atoms with Crippen LogP contribution in [0.3, 0.4) is 0 Å². The van der Waals surface area contributed by atoms with Crippen molar-refractivity contribution >= 4 is 23.2 Å². The summed E-state index contributed by atoms with van der Waals surface area (Å²) in [5.74, 6) is 1.30. The molecule has 6 nitrogen and oxygen atoms in total. The van der Waals surface area contributed by atoms with Gasteiger partial charge in [0.05, 0.1) is 26.4 Å². The lowest BCUT2D eigenvalue weighted by atomic mass is 9.66. The molecule has 1 heterocycles. The fourth-order valence-electron chi connectivity index (χ4n) is 5.32. The average Bonchev–Trinajstić information content (AvgIpc) is 2.80. The van der Waals surface area contributed by atoms with E-state index in [1.165, 1.54) is 0 Å². The summed E-state index contributed by atoms with van der Waals surface area (Å²) in [6.45, 7) is 0.897. The Labute approximate surface area is 194 Å². The Hall–Kier alpha value is -2.28. The molecule has 2 aromatic carbocycles. The summed E-state index contributed by atoms with van der Waals surface area (Å²) in [4.78, 5) is 15.1. The predicted octanol–water partition coefficient (Wildman–Crippen LogP) is 4.66. The summed E-state index contributed by atoms with van der Waals surface area (Å²) in [7, 11) is 3.24. The Morgan fingerprint density at radius 1 is 1.12 bits per heavy atom. The van der Waals surface area contributed by atoms with Crippen LogP contribution < -0.4 is 14.8 Å². The highest BCUT2D eigenvalue weighted by Gasteiger charge is 2.49. The minimum absolute atomic E-state index is 0.0615. The van der Waals surface area contributed by atoms with E-state index in [0.717, 1.165) is 31.2 Å². The summed E-state index contributed by atoms with van der Waals surface area (Å²) in [5.41, 5.74) is 1.05. The van der Waals surface area contributed by atoms with Crippen molar-refractivity contribution in [2.75, 3.05) is 32.6 Å². The SMILES string of the molecule is COc1ccc([C@@H]2[C@@H]3CCCC[C@]3(O)CCN2CC(=O)Nc2ccc(Cl)cc2)cc1OC. The molecule has 1 amide bonds. The molecule has 7 heteroatoms. The van der Waals surface area contributed by atoms with E-state index in [2.05, 4.69) is 10.2 Å². The van der Waals surface area contributed by atoms with Gasteiger partial charge in [-0.05, 0) is 61.2 Å². The minimum Gasteiger partial charge on any atom is -0.493 e. The summed E-state index contributed by atoms with van der Waals surface area (Å²) >= 11 is 5.95. The van der Waals surface area contributed by atoms with Crippen LogP contribution in [0, 0.1) is 5.92 Å². The maximum absolute atomic E-state index is 12.9. The number of nitrogens with zero attached hydrogens (tertiary/aromatic N) is 1. The Morgan fingerprint density at radius 2 is 1.88 bits per heavy atom. The van der Waals surface area contributed by atoms with Crippen molar-refractivity contribution in [1.82, 2.24) is 4.90 Å². The van der Waals surface area contributed by atoms with Gasteiger partial charge in [-0.15, -0.1) is 0 Å². The van der Waals surface area contributed by atoms with E-state index in [1.807, 2.05) is 18.2 Å². The van der Waals surface area contributed by atoms with Gasteiger partial charge in [0.2, 0.25) is 5.91 Å². The van der Waals surface area contributed by atoms with Gasteiger partial charge in [0.1, 0.15) is 0 Å². The van der Waals surface area contributed by atoms with Crippen LogP contribution in [0.2, 0.25) is 5.02 Å². The molecule has 2 fully saturated rings. The molecule has 2 N–H and O–H groups in total. The van der Waals surface area contributed by atoms with E-state index in [4.69, 9.17) is 21.1 Å². The fraction of sp³-hybridized carbons (Fsp3) is 0.480. The molecule has 2 aliphatic rings. The molecule has 0 spiro atoms. The van der Waals surface area contributed by atoms with Crippen LogP contribution in [0.25, 0.3) is 0 Å². The van der Waals surface area contributed by atoms with Gasteiger partial charge in [0.25, 0.3) is 0 Å². The van der Waals surface area contributed by atoms with Crippen molar-refractivity contribution in [3.8, 4) is 11.5 Å². The number of aliphatic hydroxyl groups is 1. The predicted molar refractivity (Wildman–Crippen MR) is 125 cm³/mol. The molecule has 3 atom stereocenters. The topological polar surface area (TPSA) is 71.0 Å². The number of nitrogens with one attached hydrogen (secondary N) is 1. The van der Waals surface area contributed by atoms with E-state index >= 15 is 0 Å². The smallest absolute Gasteiger partial charge is 0.238 e. The number of halogens is 1. The number of amides is 1. The van der Waals surface area contributed by atoms with Crippen LogP contribution in [0.1, 0.15) is 43.7 Å². The molecule has 0 radical (unpaired) electrons. The van der Waals surface area contributed by atoms with Gasteiger partial charge >= 0.3 is 0 Å². The molecule has 172 valence electrons. The zero-order chi connectivity index (χ0) is 22.7. The van der Waals surface area contributed by atoms with E-state index in [0.29, 0.717) is 35.2 Å². The van der Waals surface area contributed by atoms with Crippen molar-refractivity contribution in [2.24, 2.45) is 5.92 Å². The first-order chi connectivity index (χ1) is 15.4. The highest BCUT2D eigenvalue weighted by molar-refractivity contribution is 6.30. The number of rotatable bonds is 6. The number of benzene rings is 2. The van der Waals surface area contributed by atoms with Crippen molar-refractivity contribution in [2.45, 2.75) is 43.7 Å². The number of hydrogen-bond donors (Lipinski definition) is 2. The van der Waals surface area contributed by atoms with Gasteiger partial charge < -0.3 is 19.9 Å². The number of carbonyl (C=O) groups excluding carboxylic acids is 1. The van der Waals surface area contributed by atoms with Gasteiger partial charge in [-0.3, -0.25) is 9.69 Å². The Balaban J connectivity index is 1.61. The lowest BCUT2D eigenvalue weighted by Crippen LogP contribution is -2.56. The van der Waals surface area contributed by atoms with Gasteiger partial charge in [0.15, 0.2) is 11.5 Å². The molecule has 4 rings (SSSR count). The van der Waals surface area contributed by atoms with Crippen molar-refractivity contribution in [3.63, 3.8) is 0 Å². The summed E-state index contributed by atoms with van der Waals surface area (Å²) in [6, 6.07) is 12.9. The maximum Gasteiger partial charge on any atom is 0.238 e. The number of fused-ring (bicyclic) bond motifs is 1. The van der Waals surface area contributed by atoms with Crippen molar-refractivity contribution in [3.05, 3.63) is 53.1 Å². The van der Waals surface area contributed by atoms with Gasteiger partial charge in [-0.25, -0.2) is 0 Å². The van der Waals surface area contributed by atoms with Crippen molar-refractivity contribution < 1.29 is 19.4 Å². The molecule has 0 unspecified atom stereocenters. The van der Waals surface area contributed by atoms with Crippen LogP contribution in [-0.4, -0.2) is 48.8 Å². The maximum atomic E-state index is 12.9. The van der Waals surface area contributed by atoms with E-state index < -0.39 is 5.60 Å². The fourth-order valence-corrected chi connectivity index (χ4v) is 5.44. The Morgan fingerprint density at radius 3 is 2.59 bits per heavy atom. The van der Waals surface area contributed by atoms with Gasteiger partial charge in [-0.2, -0.15) is 0 Å². The number of likely N-dealkylation sites (tertiary alicyclic amines) is 1. The zero-order valence-electron chi connectivity index (χ0n) is 18.6. The number of methoxy groups -OCH3 is 2. The van der Waals surface area contributed by atoms with E-state index in [9.17, 15) is 9.90 Å². The molecule has 2 aromatic rings. The second-order valence-corrected chi connectivity index (χ2v) is 9.23. The standard InChI is InChI=1S/C25H31ClN2O4/c1-31-21-11-6-17(15-22(21)32-2)24-20-5-3-4-12-25(20,30)13-14-28(24)16-23(29)27-19-9-7-18(26)8-10-19/h6-11,15,20,24,30H,3-5,12-14,16H2,1-2H3,(H,27,29)/t20-,24+,25-/m0/s1. The summed E-state index contributed by atoms with van der Waals surface area (Å²) in [5, 5.41) is 15.1. The highest BCUT2D eigenvalue weighted by Crippen LogP contribution is 2.50. The van der Waals surface area contributed by atoms with E-state index in [-0.39, 0.29) is 24.4 Å². The quantitative estimate of drug-likeness (QED) is 0.658. The lowest BCUT2D eigenvalue weighted by molar-refractivity contribution is -0.135. The number of ether oxygens (including phenoxy) is 2. The first-order valence-corrected chi connectivity index (χ1v) is 11.5.